The van der Waals surface area contributed by atoms with Gasteiger partial charge in [-0.15, -0.1) is 10.2 Å². The van der Waals surface area contributed by atoms with Crippen molar-refractivity contribution in [3.05, 3.63) is 64.4 Å². The van der Waals surface area contributed by atoms with Gasteiger partial charge in [-0.05, 0) is 55.7 Å². The van der Waals surface area contributed by atoms with E-state index in [1.54, 1.807) is 12.1 Å². The number of hydrogen-bond acceptors (Lipinski definition) is 5. The summed E-state index contributed by atoms with van der Waals surface area (Å²) in [6.07, 6.45) is 3.64. The van der Waals surface area contributed by atoms with Crippen molar-refractivity contribution in [2.45, 2.75) is 19.3 Å². The van der Waals surface area contributed by atoms with Crippen molar-refractivity contribution in [3.63, 3.8) is 0 Å². The van der Waals surface area contributed by atoms with E-state index in [9.17, 15) is 9.18 Å². The third kappa shape index (κ3) is 5.47. The molecule has 1 fully saturated rings. The van der Waals surface area contributed by atoms with Crippen LogP contribution in [0.5, 0.6) is 5.75 Å². The smallest absolute Gasteiger partial charge is 0.262 e. The molecule has 6 nitrogen and oxygen atoms in total. The molecular formula is C23H21Cl2FN4O2. The number of nitrogens with one attached hydrogen (secondary N) is 1. The maximum atomic E-state index is 13.2. The van der Waals surface area contributed by atoms with Crippen LogP contribution < -0.4 is 15.0 Å². The molecule has 0 atom stereocenters. The Kier molecular flexibility index (Phi) is 7.07. The molecule has 2 heterocycles. The highest BCUT2D eigenvalue weighted by Crippen LogP contribution is 2.33. The first kappa shape index (κ1) is 22.3. The van der Waals surface area contributed by atoms with Crippen molar-refractivity contribution < 1.29 is 13.9 Å². The number of carbonyl (C=O) groups is 1. The Morgan fingerprint density at radius 2 is 1.69 bits per heavy atom. The van der Waals surface area contributed by atoms with Gasteiger partial charge in [-0.1, -0.05) is 35.3 Å². The van der Waals surface area contributed by atoms with Gasteiger partial charge in [-0.25, -0.2) is 4.39 Å². The zero-order chi connectivity index (χ0) is 22.5. The van der Waals surface area contributed by atoms with Crippen molar-refractivity contribution in [1.82, 2.24) is 10.2 Å². The summed E-state index contributed by atoms with van der Waals surface area (Å²) in [6.45, 7) is 1.72. The van der Waals surface area contributed by atoms with Crippen LogP contribution in [0.1, 0.15) is 19.3 Å². The Labute approximate surface area is 195 Å². The van der Waals surface area contributed by atoms with Gasteiger partial charge in [0.15, 0.2) is 18.2 Å². The van der Waals surface area contributed by atoms with Crippen LogP contribution in [0, 0.1) is 5.82 Å². The molecule has 1 aliphatic heterocycles. The van der Waals surface area contributed by atoms with Gasteiger partial charge in [0.25, 0.3) is 5.91 Å². The average molecular weight is 475 g/mol. The first-order chi connectivity index (χ1) is 15.5. The molecule has 166 valence electrons. The van der Waals surface area contributed by atoms with Gasteiger partial charge in [-0.2, -0.15) is 0 Å². The fourth-order valence-electron chi connectivity index (χ4n) is 3.50. The summed E-state index contributed by atoms with van der Waals surface area (Å²) < 4.78 is 18.6. The summed E-state index contributed by atoms with van der Waals surface area (Å²) in [5.41, 5.74) is 2.24. The Balaban J connectivity index is 1.34. The Morgan fingerprint density at radius 3 is 2.31 bits per heavy atom. The lowest BCUT2D eigenvalue weighted by molar-refractivity contribution is -0.118. The second-order valence-electron chi connectivity index (χ2n) is 7.44. The molecule has 0 aliphatic carbocycles. The summed E-state index contributed by atoms with van der Waals surface area (Å²) in [5.74, 6) is -0.0203. The molecule has 1 aliphatic rings. The molecule has 2 aromatic carbocycles. The second kappa shape index (κ2) is 10.1. The first-order valence-corrected chi connectivity index (χ1v) is 11.0. The van der Waals surface area contributed by atoms with Crippen LogP contribution in [0.3, 0.4) is 0 Å². The number of rotatable bonds is 6. The Bertz CT molecular complexity index is 1070. The van der Waals surface area contributed by atoms with Crippen molar-refractivity contribution in [1.29, 1.82) is 0 Å². The molecule has 9 heteroatoms. The van der Waals surface area contributed by atoms with Crippen molar-refractivity contribution in [3.8, 4) is 17.0 Å². The van der Waals surface area contributed by atoms with E-state index in [1.165, 1.54) is 19.3 Å². The highest BCUT2D eigenvalue weighted by atomic mass is 35.5. The largest absolute Gasteiger partial charge is 0.481 e. The molecular weight excluding hydrogens is 454 g/mol. The van der Waals surface area contributed by atoms with E-state index in [0.717, 1.165) is 42.3 Å². The molecule has 0 radical (unpaired) electrons. The van der Waals surface area contributed by atoms with Crippen LogP contribution in [0.2, 0.25) is 10.0 Å². The molecule has 32 heavy (non-hydrogen) atoms. The fourth-order valence-corrected chi connectivity index (χ4v) is 4.07. The van der Waals surface area contributed by atoms with E-state index in [2.05, 4.69) is 20.4 Å². The van der Waals surface area contributed by atoms with E-state index < -0.39 is 11.7 Å². The van der Waals surface area contributed by atoms with E-state index >= 15 is 0 Å². The molecule has 1 amide bonds. The van der Waals surface area contributed by atoms with Crippen LogP contribution in [0.15, 0.2) is 48.5 Å². The van der Waals surface area contributed by atoms with E-state index in [1.807, 2.05) is 24.3 Å². The topological polar surface area (TPSA) is 67.3 Å². The van der Waals surface area contributed by atoms with Gasteiger partial charge in [-0.3, -0.25) is 4.79 Å². The number of aromatic nitrogens is 2. The van der Waals surface area contributed by atoms with Crippen LogP contribution in [0.4, 0.5) is 15.9 Å². The summed E-state index contributed by atoms with van der Waals surface area (Å²) >= 11 is 11.8. The predicted octanol–water partition coefficient (Wildman–Crippen LogP) is 5.60. The summed E-state index contributed by atoms with van der Waals surface area (Å²) in [5, 5.41) is 11.4. The van der Waals surface area contributed by atoms with Crippen LogP contribution in [-0.4, -0.2) is 35.8 Å². The van der Waals surface area contributed by atoms with Gasteiger partial charge >= 0.3 is 0 Å². The maximum absolute atomic E-state index is 13.2. The molecule has 0 bridgehead atoms. The minimum absolute atomic E-state index is 0.000400. The highest BCUT2D eigenvalue weighted by molar-refractivity contribution is 6.37. The fraction of sp³-hybridized carbons (Fsp3) is 0.261. The van der Waals surface area contributed by atoms with Crippen molar-refractivity contribution >= 4 is 40.6 Å². The molecule has 4 rings (SSSR count). The highest BCUT2D eigenvalue weighted by Gasteiger charge is 2.14. The van der Waals surface area contributed by atoms with Gasteiger partial charge < -0.3 is 15.0 Å². The molecule has 3 aromatic rings. The lowest BCUT2D eigenvalue weighted by Gasteiger charge is -2.27. The van der Waals surface area contributed by atoms with Gasteiger partial charge in [0, 0.05) is 24.3 Å². The standard InChI is InChI=1S/C23H21Cl2FN4O2/c24-18-12-16(26)13-19(25)23(18)32-14-22(31)27-17-6-4-15(5-7-17)20-8-9-21(29-28-20)30-10-2-1-3-11-30/h4-9,12-13H,1-3,10-11,14H2,(H,27,31). The van der Waals surface area contributed by atoms with Crippen molar-refractivity contribution in [2.24, 2.45) is 0 Å². The maximum Gasteiger partial charge on any atom is 0.262 e. The monoisotopic (exact) mass is 474 g/mol. The van der Waals surface area contributed by atoms with Gasteiger partial charge in [0.05, 0.1) is 15.7 Å². The summed E-state index contributed by atoms with van der Waals surface area (Å²) in [4.78, 5) is 14.5. The average Bonchev–Trinajstić information content (AvgIpc) is 2.79. The number of amides is 1. The SMILES string of the molecule is O=C(COc1c(Cl)cc(F)cc1Cl)Nc1ccc(-c2ccc(N3CCCCC3)nn2)cc1. The Morgan fingerprint density at radius 1 is 1.00 bits per heavy atom. The number of benzene rings is 2. The number of anilines is 2. The lowest BCUT2D eigenvalue weighted by atomic mass is 10.1. The number of nitrogens with zero attached hydrogens (tertiary/aromatic N) is 3. The normalized spacial score (nSPS) is 13.7. The number of halogens is 3. The number of piperidine rings is 1. The van der Waals surface area contributed by atoms with Gasteiger partial charge in [0.2, 0.25) is 0 Å². The zero-order valence-corrected chi connectivity index (χ0v) is 18.7. The molecule has 0 unspecified atom stereocenters. The Hall–Kier alpha value is -2.90. The number of hydrogen-bond donors (Lipinski definition) is 1. The van der Waals surface area contributed by atoms with Crippen LogP contribution in [-0.2, 0) is 4.79 Å². The quantitative estimate of drug-likeness (QED) is 0.503. The van der Waals surface area contributed by atoms with Crippen LogP contribution in [0.25, 0.3) is 11.3 Å². The second-order valence-corrected chi connectivity index (χ2v) is 8.25. The van der Waals surface area contributed by atoms with E-state index in [4.69, 9.17) is 27.9 Å². The van der Waals surface area contributed by atoms with E-state index in [0.29, 0.717) is 5.69 Å². The molecule has 1 N–H and O–H groups in total. The minimum atomic E-state index is -0.581. The third-order valence-electron chi connectivity index (χ3n) is 5.11. The first-order valence-electron chi connectivity index (χ1n) is 10.3. The van der Waals surface area contributed by atoms with Gasteiger partial charge in [0.1, 0.15) is 5.82 Å². The summed E-state index contributed by atoms with van der Waals surface area (Å²) in [6, 6.07) is 13.3. The third-order valence-corrected chi connectivity index (χ3v) is 5.67. The lowest BCUT2D eigenvalue weighted by Crippen LogP contribution is -2.30. The summed E-state index contributed by atoms with van der Waals surface area (Å²) in [7, 11) is 0. The molecule has 0 saturated carbocycles. The predicted molar refractivity (Wildman–Crippen MR) is 124 cm³/mol. The van der Waals surface area contributed by atoms with Crippen molar-refractivity contribution in [2.75, 3.05) is 29.9 Å². The molecule has 0 spiro atoms. The minimum Gasteiger partial charge on any atom is -0.481 e. The zero-order valence-electron chi connectivity index (χ0n) is 17.2. The van der Waals surface area contributed by atoms with E-state index in [-0.39, 0.29) is 22.4 Å². The number of carbonyl (C=O) groups excluding carboxylic acids is 1. The van der Waals surface area contributed by atoms with Crippen LogP contribution >= 0.6 is 23.2 Å². The molecule has 1 saturated heterocycles. The number of ether oxygens (including phenoxy) is 1. The molecule has 1 aromatic heterocycles.